The van der Waals surface area contributed by atoms with E-state index in [-0.39, 0.29) is 0 Å². The van der Waals surface area contributed by atoms with Gasteiger partial charge in [-0.3, -0.25) is 14.9 Å². The number of hydrazone groups is 1. The molecule has 0 saturated carbocycles. The maximum Gasteiger partial charge on any atom is 0.0662 e. The lowest BCUT2D eigenvalue weighted by molar-refractivity contribution is 0.114. The third-order valence-electron chi connectivity index (χ3n) is 5.83. The fourth-order valence-corrected chi connectivity index (χ4v) is 4.44. The van der Waals surface area contributed by atoms with Gasteiger partial charge in [0.2, 0.25) is 0 Å². The van der Waals surface area contributed by atoms with Gasteiger partial charge in [0.05, 0.1) is 11.8 Å². The van der Waals surface area contributed by atoms with Gasteiger partial charge in [0, 0.05) is 44.1 Å². The van der Waals surface area contributed by atoms with Crippen LogP contribution < -0.4 is 0 Å². The monoisotopic (exact) mass is 368 g/mol. The van der Waals surface area contributed by atoms with E-state index in [0.717, 1.165) is 37.5 Å². The highest BCUT2D eigenvalue weighted by Crippen LogP contribution is 2.46. The van der Waals surface area contributed by atoms with Gasteiger partial charge in [0.15, 0.2) is 0 Å². The first-order chi connectivity index (χ1) is 13.8. The van der Waals surface area contributed by atoms with E-state index in [1.54, 1.807) is 6.20 Å². The Balaban J connectivity index is 1.35. The average Bonchev–Trinajstić information content (AvgIpc) is 3.09. The topological polar surface area (TPSA) is 31.7 Å². The molecule has 0 radical (unpaired) electrons. The van der Waals surface area contributed by atoms with Crippen molar-refractivity contribution in [2.24, 2.45) is 5.10 Å². The summed E-state index contributed by atoms with van der Waals surface area (Å²) in [7, 11) is 0. The Morgan fingerprint density at radius 1 is 0.857 bits per heavy atom. The number of piperazine rings is 1. The summed E-state index contributed by atoms with van der Waals surface area (Å²) >= 11 is 0. The van der Waals surface area contributed by atoms with Crippen LogP contribution in [0.25, 0.3) is 11.1 Å². The van der Waals surface area contributed by atoms with E-state index in [0.29, 0.717) is 6.04 Å². The molecule has 0 amide bonds. The van der Waals surface area contributed by atoms with Crippen molar-refractivity contribution in [2.75, 3.05) is 26.2 Å². The van der Waals surface area contributed by atoms with Crippen LogP contribution in [0.3, 0.4) is 0 Å². The molecule has 3 aromatic rings. The third-order valence-corrected chi connectivity index (χ3v) is 5.83. The maximum absolute atomic E-state index is 4.84. The van der Waals surface area contributed by atoms with Crippen molar-refractivity contribution in [3.63, 3.8) is 0 Å². The number of hydrogen-bond acceptors (Lipinski definition) is 4. The summed E-state index contributed by atoms with van der Waals surface area (Å²) < 4.78 is 0. The molecule has 2 aliphatic rings. The van der Waals surface area contributed by atoms with E-state index < -0.39 is 0 Å². The lowest BCUT2D eigenvalue weighted by Gasteiger charge is -2.37. The summed E-state index contributed by atoms with van der Waals surface area (Å²) in [6, 6.07) is 22.1. The Kier molecular flexibility index (Phi) is 4.41. The molecule has 5 rings (SSSR count). The van der Waals surface area contributed by atoms with Crippen LogP contribution in [0.5, 0.6) is 0 Å². The number of nitrogens with zero attached hydrogens (tertiary/aromatic N) is 4. The van der Waals surface area contributed by atoms with Gasteiger partial charge < -0.3 is 0 Å². The highest BCUT2D eigenvalue weighted by molar-refractivity contribution is 5.98. The summed E-state index contributed by atoms with van der Waals surface area (Å²) in [5.74, 6) is 0. The van der Waals surface area contributed by atoms with Gasteiger partial charge in [-0.25, -0.2) is 0 Å². The first-order valence-electron chi connectivity index (χ1n) is 9.94. The van der Waals surface area contributed by atoms with Crippen LogP contribution in [0.15, 0.2) is 78.2 Å². The predicted octanol–water partition coefficient (Wildman–Crippen LogP) is 4.19. The Morgan fingerprint density at radius 3 is 2.11 bits per heavy atom. The molecule has 0 N–H and O–H groups in total. The lowest BCUT2D eigenvalue weighted by atomic mass is 10.0. The number of fused-ring (bicyclic) bond motifs is 3. The molecule has 0 spiro atoms. The van der Waals surface area contributed by atoms with Gasteiger partial charge in [0.1, 0.15) is 0 Å². The first-order valence-corrected chi connectivity index (χ1v) is 9.94. The fraction of sp³-hybridized carbons (Fsp3) is 0.250. The number of pyridine rings is 1. The van der Waals surface area contributed by atoms with Gasteiger partial charge in [-0.05, 0) is 35.2 Å². The van der Waals surface area contributed by atoms with Crippen molar-refractivity contribution in [1.29, 1.82) is 0 Å². The van der Waals surface area contributed by atoms with E-state index in [2.05, 4.69) is 76.4 Å². The minimum atomic E-state index is 0.359. The largest absolute Gasteiger partial charge is 0.294 e. The van der Waals surface area contributed by atoms with Gasteiger partial charge >= 0.3 is 0 Å². The second-order valence-corrected chi connectivity index (χ2v) is 7.49. The zero-order chi connectivity index (χ0) is 18.9. The minimum Gasteiger partial charge on any atom is -0.294 e. The quantitative estimate of drug-likeness (QED) is 0.650. The third kappa shape index (κ3) is 3.00. The smallest absolute Gasteiger partial charge is 0.0662 e. The molecule has 2 heterocycles. The first kappa shape index (κ1) is 17.1. The zero-order valence-electron chi connectivity index (χ0n) is 16.1. The van der Waals surface area contributed by atoms with Crippen molar-refractivity contribution in [2.45, 2.75) is 13.0 Å². The van der Waals surface area contributed by atoms with Crippen LogP contribution >= 0.6 is 0 Å². The van der Waals surface area contributed by atoms with Gasteiger partial charge in [-0.15, -0.1) is 0 Å². The Bertz CT molecular complexity index is 958. The zero-order valence-corrected chi connectivity index (χ0v) is 16.1. The SMILES string of the molecule is C/C(=N/N1CCN(C2c3ccccc3-c3ccccc32)CC1)c1cccnc1. The summed E-state index contributed by atoms with van der Waals surface area (Å²) in [6.07, 6.45) is 3.67. The molecule has 4 nitrogen and oxygen atoms in total. The second-order valence-electron chi connectivity index (χ2n) is 7.49. The fourth-order valence-electron chi connectivity index (χ4n) is 4.44. The highest BCUT2D eigenvalue weighted by atomic mass is 15.5. The molecule has 2 aromatic carbocycles. The van der Waals surface area contributed by atoms with Crippen LogP contribution in [-0.2, 0) is 0 Å². The van der Waals surface area contributed by atoms with E-state index >= 15 is 0 Å². The van der Waals surface area contributed by atoms with Crippen LogP contribution in [-0.4, -0.2) is 46.8 Å². The molecule has 1 aliphatic carbocycles. The number of benzene rings is 2. The van der Waals surface area contributed by atoms with Gasteiger partial charge in [-0.2, -0.15) is 5.10 Å². The standard InChI is InChI=1S/C24H24N4/c1-18(19-7-6-12-25-17-19)26-28-15-13-27(14-16-28)24-22-10-4-2-8-20(22)21-9-3-5-11-23(21)24/h2-12,17,24H,13-16H2,1H3/b26-18-. The van der Waals surface area contributed by atoms with Crippen molar-refractivity contribution < 1.29 is 0 Å². The normalized spacial score (nSPS) is 17.5. The highest BCUT2D eigenvalue weighted by Gasteiger charge is 2.33. The number of aromatic nitrogens is 1. The second kappa shape index (κ2) is 7.21. The molecule has 1 saturated heterocycles. The predicted molar refractivity (Wildman–Crippen MR) is 113 cm³/mol. The molecule has 4 heteroatoms. The van der Waals surface area contributed by atoms with E-state index in [4.69, 9.17) is 5.10 Å². The minimum absolute atomic E-state index is 0.359. The molecule has 28 heavy (non-hydrogen) atoms. The molecular weight excluding hydrogens is 344 g/mol. The summed E-state index contributed by atoms with van der Waals surface area (Å²) in [5.41, 5.74) is 7.76. The van der Waals surface area contributed by atoms with E-state index in [9.17, 15) is 0 Å². The number of hydrogen-bond donors (Lipinski definition) is 0. The molecule has 1 aliphatic heterocycles. The van der Waals surface area contributed by atoms with Crippen molar-refractivity contribution in [3.8, 4) is 11.1 Å². The van der Waals surface area contributed by atoms with Crippen LogP contribution in [0, 0.1) is 0 Å². The molecule has 0 unspecified atom stereocenters. The van der Waals surface area contributed by atoms with E-state index in [1.807, 2.05) is 12.3 Å². The molecule has 0 bridgehead atoms. The molecule has 1 aromatic heterocycles. The Morgan fingerprint density at radius 2 is 1.50 bits per heavy atom. The van der Waals surface area contributed by atoms with Crippen molar-refractivity contribution in [3.05, 3.63) is 89.7 Å². The molecule has 0 atom stereocenters. The summed E-state index contributed by atoms with van der Waals surface area (Å²) in [6.45, 7) is 5.97. The average molecular weight is 368 g/mol. The van der Waals surface area contributed by atoms with Gasteiger partial charge in [0.25, 0.3) is 0 Å². The van der Waals surface area contributed by atoms with E-state index in [1.165, 1.54) is 22.3 Å². The van der Waals surface area contributed by atoms with Crippen molar-refractivity contribution in [1.82, 2.24) is 14.9 Å². The molecular formula is C24H24N4. The Labute approximate surface area is 166 Å². The maximum atomic E-state index is 4.84. The van der Waals surface area contributed by atoms with Crippen LogP contribution in [0.2, 0.25) is 0 Å². The summed E-state index contributed by atoms with van der Waals surface area (Å²) in [5, 5.41) is 7.04. The summed E-state index contributed by atoms with van der Waals surface area (Å²) in [4.78, 5) is 6.81. The lowest BCUT2D eigenvalue weighted by Crippen LogP contribution is -2.45. The van der Waals surface area contributed by atoms with Gasteiger partial charge in [-0.1, -0.05) is 54.6 Å². The van der Waals surface area contributed by atoms with Crippen LogP contribution in [0.4, 0.5) is 0 Å². The Hall–Kier alpha value is -2.98. The molecule has 1 fully saturated rings. The van der Waals surface area contributed by atoms with Crippen LogP contribution in [0.1, 0.15) is 29.7 Å². The number of rotatable bonds is 3. The van der Waals surface area contributed by atoms with Crippen molar-refractivity contribution >= 4 is 5.71 Å². The molecule has 140 valence electrons.